The fraction of sp³-hybridized carbons (Fsp3) is 0.467. The van der Waals surface area contributed by atoms with Crippen LogP contribution in [0.1, 0.15) is 65.9 Å². The second kappa shape index (κ2) is 12.5. The van der Waals surface area contributed by atoms with E-state index in [1.54, 1.807) is 7.11 Å². The highest BCUT2D eigenvalue weighted by Crippen LogP contribution is 2.36. The summed E-state index contributed by atoms with van der Waals surface area (Å²) < 4.78 is 13.3. The molecule has 3 aromatic rings. The number of hydrogen-bond acceptors (Lipinski definition) is 4. The topological polar surface area (TPSA) is 76.3 Å². The molecule has 1 N–H and O–H groups in total. The lowest BCUT2D eigenvalue weighted by Crippen LogP contribution is -2.34. The summed E-state index contributed by atoms with van der Waals surface area (Å²) in [5.41, 5.74) is 4.05. The average molecular weight is 490 g/mol. The number of hydrogen-bond donors (Lipinski definition) is 1. The Hall–Kier alpha value is -3.46. The first-order valence-corrected chi connectivity index (χ1v) is 13.2. The van der Waals surface area contributed by atoms with Crippen LogP contribution < -0.4 is 10.1 Å². The van der Waals surface area contributed by atoms with E-state index in [-0.39, 0.29) is 6.10 Å². The maximum absolute atomic E-state index is 12.6. The molecule has 0 bridgehead atoms. The molecule has 6 heteroatoms. The van der Waals surface area contributed by atoms with E-state index in [0.717, 1.165) is 47.2 Å². The molecule has 2 aromatic carbocycles. The minimum absolute atomic E-state index is 0.0246. The Morgan fingerprint density at radius 3 is 2.47 bits per heavy atom. The third kappa shape index (κ3) is 5.67. The Morgan fingerprint density at radius 1 is 1.14 bits per heavy atom. The quantitative estimate of drug-likeness (QED) is 0.380. The van der Waals surface area contributed by atoms with Gasteiger partial charge in [-0.05, 0) is 67.9 Å². The molecule has 6 nitrogen and oxygen atoms in total. The van der Waals surface area contributed by atoms with Gasteiger partial charge >= 0.3 is 6.09 Å². The van der Waals surface area contributed by atoms with Crippen LogP contribution >= 0.6 is 0 Å². The molecule has 36 heavy (non-hydrogen) atoms. The number of rotatable bonds is 6. The lowest BCUT2D eigenvalue weighted by atomic mass is 9.79. The Kier molecular flexibility index (Phi) is 9.41. The molecule has 1 aliphatic carbocycles. The third-order valence-electron chi connectivity index (χ3n) is 7.08. The number of methoxy groups -OCH3 is 1. The van der Waals surface area contributed by atoms with E-state index in [2.05, 4.69) is 36.7 Å². The summed E-state index contributed by atoms with van der Waals surface area (Å²) in [7, 11) is 1.64. The van der Waals surface area contributed by atoms with Crippen molar-refractivity contribution in [3.05, 3.63) is 48.0 Å². The van der Waals surface area contributed by atoms with Crippen LogP contribution in [-0.4, -0.2) is 23.9 Å². The predicted molar refractivity (Wildman–Crippen MR) is 146 cm³/mol. The predicted octanol–water partition coefficient (Wildman–Crippen LogP) is 8.00. The maximum atomic E-state index is 12.6. The van der Waals surface area contributed by atoms with Gasteiger partial charge < -0.3 is 14.0 Å². The molecular weight excluding hydrogens is 450 g/mol. The van der Waals surface area contributed by atoms with Crippen LogP contribution in [0.15, 0.2) is 42.5 Å². The molecule has 0 aliphatic heterocycles. The van der Waals surface area contributed by atoms with Crippen molar-refractivity contribution < 1.29 is 14.3 Å². The fourth-order valence-electron chi connectivity index (χ4n) is 5.20. The molecule has 3 atom stereocenters. The van der Waals surface area contributed by atoms with Gasteiger partial charge in [0.2, 0.25) is 0 Å². The first-order chi connectivity index (χ1) is 17.5. The number of amides is 1. The molecule has 2 unspecified atom stereocenters. The van der Waals surface area contributed by atoms with Crippen molar-refractivity contribution >= 4 is 22.7 Å². The largest absolute Gasteiger partial charge is 0.497 e. The van der Waals surface area contributed by atoms with E-state index >= 15 is 0 Å². The van der Waals surface area contributed by atoms with Crippen LogP contribution in [0.2, 0.25) is 0 Å². The van der Waals surface area contributed by atoms with Crippen molar-refractivity contribution in [2.75, 3.05) is 12.4 Å². The third-order valence-corrected chi connectivity index (χ3v) is 7.08. The number of benzene rings is 2. The van der Waals surface area contributed by atoms with Crippen LogP contribution in [0, 0.1) is 23.2 Å². The van der Waals surface area contributed by atoms with Crippen molar-refractivity contribution in [3.8, 4) is 23.1 Å². The van der Waals surface area contributed by atoms with E-state index < -0.39 is 6.09 Å². The summed E-state index contributed by atoms with van der Waals surface area (Å²) in [6.07, 6.45) is 3.84. The van der Waals surface area contributed by atoms with Gasteiger partial charge in [0.25, 0.3) is 0 Å². The SMILES string of the molecule is CC.CCC1CC[C@@H](C)CC1OC(=O)Nc1ccc(-c2c(C#N)c3ccc(OC)cc3n2CC)cc1. The molecule has 0 radical (unpaired) electrons. The highest BCUT2D eigenvalue weighted by atomic mass is 16.6. The monoisotopic (exact) mass is 489 g/mol. The van der Waals surface area contributed by atoms with Crippen molar-refractivity contribution in [1.29, 1.82) is 5.26 Å². The van der Waals surface area contributed by atoms with Gasteiger partial charge in [-0.3, -0.25) is 5.32 Å². The first-order valence-electron chi connectivity index (χ1n) is 13.2. The number of nitrogens with zero attached hydrogens (tertiary/aromatic N) is 2. The van der Waals surface area contributed by atoms with E-state index in [1.807, 2.05) is 56.3 Å². The van der Waals surface area contributed by atoms with Gasteiger partial charge in [-0.15, -0.1) is 0 Å². The minimum atomic E-state index is -0.405. The zero-order valence-electron chi connectivity index (χ0n) is 22.4. The van der Waals surface area contributed by atoms with Crippen molar-refractivity contribution in [2.45, 2.75) is 73.0 Å². The number of aromatic nitrogens is 1. The van der Waals surface area contributed by atoms with Gasteiger partial charge in [-0.1, -0.05) is 46.2 Å². The zero-order chi connectivity index (χ0) is 26.2. The molecule has 4 rings (SSSR count). The smallest absolute Gasteiger partial charge is 0.411 e. The van der Waals surface area contributed by atoms with Gasteiger partial charge in [0.1, 0.15) is 17.9 Å². The van der Waals surface area contributed by atoms with Crippen LogP contribution in [-0.2, 0) is 11.3 Å². The van der Waals surface area contributed by atoms with Gasteiger partial charge in [0.05, 0.1) is 23.9 Å². The number of carbonyl (C=O) groups excluding carboxylic acids is 1. The summed E-state index contributed by atoms with van der Waals surface area (Å²) in [6, 6.07) is 15.7. The van der Waals surface area contributed by atoms with E-state index in [0.29, 0.717) is 29.6 Å². The minimum Gasteiger partial charge on any atom is -0.497 e. The van der Waals surface area contributed by atoms with Crippen LogP contribution in [0.3, 0.4) is 0 Å². The van der Waals surface area contributed by atoms with Crippen molar-refractivity contribution in [3.63, 3.8) is 0 Å². The van der Waals surface area contributed by atoms with Crippen LogP contribution in [0.4, 0.5) is 10.5 Å². The van der Waals surface area contributed by atoms with E-state index in [4.69, 9.17) is 9.47 Å². The molecule has 1 fully saturated rings. The summed E-state index contributed by atoms with van der Waals surface area (Å²) in [6.45, 7) is 11.2. The van der Waals surface area contributed by atoms with Crippen LogP contribution in [0.5, 0.6) is 5.75 Å². The number of anilines is 1. The molecule has 1 heterocycles. The number of ether oxygens (including phenoxy) is 2. The Bertz CT molecular complexity index is 1210. The molecule has 1 saturated carbocycles. The normalized spacial score (nSPS) is 19.1. The molecular formula is C30H39N3O3. The van der Waals surface area contributed by atoms with Gasteiger partial charge in [-0.2, -0.15) is 5.26 Å². The van der Waals surface area contributed by atoms with Gasteiger partial charge in [-0.25, -0.2) is 4.79 Å². The van der Waals surface area contributed by atoms with Crippen molar-refractivity contribution in [1.82, 2.24) is 4.57 Å². The molecule has 0 saturated heterocycles. The van der Waals surface area contributed by atoms with E-state index in [9.17, 15) is 10.1 Å². The van der Waals surface area contributed by atoms with E-state index in [1.165, 1.54) is 6.42 Å². The number of fused-ring (bicyclic) bond motifs is 1. The molecule has 1 amide bonds. The van der Waals surface area contributed by atoms with Crippen LogP contribution in [0.25, 0.3) is 22.2 Å². The van der Waals surface area contributed by atoms with Crippen molar-refractivity contribution in [2.24, 2.45) is 11.8 Å². The number of carbonyl (C=O) groups is 1. The highest BCUT2D eigenvalue weighted by Gasteiger charge is 2.30. The zero-order valence-corrected chi connectivity index (χ0v) is 22.4. The maximum Gasteiger partial charge on any atom is 0.411 e. The molecule has 192 valence electrons. The summed E-state index contributed by atoms with van der Waals surface area (Å²) in [5, 5.41) is 13.7. The second-order valence-corrected chi connectivity index (χ2v) is 9.20. The average Bonchev–Trinajstić information content (AvgIpc) is 3.23. The number of aryl methyl sites for hydroxylation is 1. The first kappa shape index (κ1) is 27.1. The lowest BCUT2D eigenvalue weighted by molar-refractivity contribution is 0.0289. The summed E-state index contributed by atoms with van der Waals surface area (Å²) in [5.74, 6) is 1.77. The Labute approximate surface area is 215 Å². The van der Waals surface area contributed by atoms with Gasteiger partial charge in [0.15, 0.2) is 0 Å². The molecule has 1 aromatic heterocycles. The summed E-state index contributed by atoms with van der Waals surface area (Å²) >= 11 is 0. The van der Waals surface area contributed by atoms with Gasteiger partial charge in [0, 0.05) is 23.7 Å². The molecule has 1 aliphatic rings. The molecule has 0 spiro atoms. The highest BCUT2D eigenvalue weighted by molar-refractivity contribution is 5.95. The Morgan fingerprint density at radius 2 is 1.86 bits per heavy atom. The Balaban J connectivity index is 0.00000176. The number of nitriles is 1. The lowest BCUT2D eigenvalue weighted by Gasteiger charge is -2.33. The fourth-order valence-corrected chi connectivity index (χ4v) is 5.20. The second-order valence-electron chi connectivity index (χ2n) is 9.20. The summed E-state index contributed by atoms with van der Waals surface area (Å²) in [4.78, 5) is 12.6. The standard InChI is InChI=1S/C28H33N3O3.C2H6/c1-5-19-8-7-18(3)15-26(19)34-28(32)30-21-11-9-20(10-12-21)27-24(17-29)23-14-13-22(33-4)16-25(23)31(27)6-2;1-2/h9-14,16,18-19,26H,5-8,15H2,1-4H3,(H,30,32);1-2H3/t18-,19?,26?;/m1./s1. The number of nitrogens with one attached hydrogen (secondary N) is 1.